The van der Waals surface area contributed by atoms with Gasteiger partial charge < -0.3 is 4.74 Å². The number of nitroso groups, excluding NO2 is 1. The molecule has 0 N–H and O–H groups in total. The van der Waals surface area contributed by atoms with Gasteiger partial charge >= 0.3 is 5.97 Å². The van der Waals surface area contributed by atoms with Gasteiger partial charge in [-0.3, -0.25) is 0 Å². The lowest BCUT2D eigenvalue weighted by Gasteiger charge is -2.20. The maximum atomic E-state index is 11.7. The van der Waals surface area contributed by atoms with Crippen LogP contribution in [0, 0.1) is 4.91 Å². The van der Waals surface area contributed by atoms with Crippen LogP contribution in [-0.4, -0.2) is 12.6 Å². The molecule has 0 bridgehead atoms. The number of hydrogen-bond donors (Lipinski definition) is 0. The van der Waals surface area contributed by atoms with Crippen molar-refractivity contribution in [3.8, 4) is 0 Å². The van der Waals surface area contributed by atoms with Gasteiger partial charge in [-0.15, -0.1) is 4.91 Å². The van der Waals surface area contributed by atoms with Crippen LogP contribution in [0.4, 0.5) is 0 Å². The Morgan fingerprint density at radius 3 is 2.71 bits per heavy atom. The van der Waals surface area contributed by atoms with Crippen molar-refractivity contribution in [2.45, 2.75) is 19.4 Å². The highest BCUT2D eigenvalue weighted by molar-refractivity contribution is 9.10. The molecule has 0 aliphatic heterocycles. The van der Waals surface area contributed by atoms with E-state index in [1.54, 1.807) is 19.1 Å². The summed E-state index contributed by atoms with van der Waals surface area (Å²) in [7, 11) is 0. The molecule has 17 heavy (non-hydrogen) atoms. The second kappa shape index (κ2) is 5.60. The Morgan fingerprint density at radius 1 is 1.59 bits per heavy atom. The Labute approximate surface area is 112 Å². The third-order valence-electron chi connectivity index (χ3n) is 2.34. The first kappa shape index (κ1) is 14.1. The lowest BCUT2D eigenvalue weighted by atomic mass is 9.93. The van der Waals surface area contributed by atoms with E-state index in [4.69, 9.17) is 16.3 Å². The molecule has 1 atom stereocenters. The van der Waals surface area contributed by atoms with Gasteiger partial charge in [0.05, 0.1) is 11.6 Å². The number of rotatable bonds is 4. The summed E-state index contributed by atoms with van der Waals surface area (Å²) in [6, 6.07) is 4.78. The minimum absolute atomic E-state index is 0.189. The SMILES string of the molecule is CCOC(=O)C(C)(N=O)c1ccc(Br)c(Cl)c1. The van der Waals surface area contributed by atoms with Crippen molar-refractivity contribution >= 4 is 33.5 Å². The van der Waals surface area contributed by atoms with Crippen LogP contribution in [0.2, 0.25) is 5.02 Å². The Bertz CT molecular complexity index is 452. The van der Waals surface area contributed by atoms with Crippen molar-refractivity contribution in [1.82, 2.24) is 0 Å². The van der Waals surface area contributed by atoms with Gasteiger partial charge in [0.2, 0.25) is 5.54 Å². The van der Waals surface area contributed by atoms with Gasteiger partial charge in [0, 0.05) is 4.47 Å². The molecule has 92 valence electrons. The molecule has 1 aromatic rings. The zero-order valence-corrected chi connectivity index (χ0v) is 11.7. The predicted molar refractivity (Wildman–Crippen MR) is 68.9 cm³/mol. The molecular formula is C11H11BrClNO3. The zero-order valence-electron chi connectivity index (χ0n) is 9.37. The van der Waals surface area contributed by atoms with Gasteiger partial charge in [0.25, 0.3) is 0 Å². The second-order valence-corrected chi connectivity index (χ2v) is 4.77. The molecule has 0 amide bonds. The van der Waals surface area contributed by atoms with Crippen LogP contribution in [0.15, 0.2) is 27.8 Å². The Kier molecular flexibility index (Phi) is 4.65. The first-order chi connectivity index (χ1) is 7.95. The summed E-state index contributed by atoms with van der Waals surface area (Å²) in [5.41, 5.74) is -1.17. The van der Waals surface area contributed by atoms with Crippen molar-refractivity contribution in [1.29, 1.82) is 0 Å². The molecule has 4 nitrogen and oxygen atoms in total. The third kappa shape index (κ3) is 2.84. The van der Waals surface area contributed by atoms with Crippen molar-refractivity contribution in [2.75, 3.05) is 6.61 Å². The number of ether oxygens (including phenoxy) is 1. The molecule has 0 saturated carbocycles. The number of halogens is 2. The summed E-state index contributed by atoms with van der Waals surface area (Å²) < 4.78 is 5.52. The Morgan fingerprint density at radius 2 is 2.24 bits per heavy atom. The van der Waals surface area contributed by atoms with Crippen molar-refractivity contribution < 1.29 is 9.53 Å². The summed E-state index contributed by atoms with van der Waals surface area (Å²) in [5.74, 6) is -0.687. The van der Waals surface area contributed by atoms with E-state index in [1.165, 1.54) is 13.0 Å². The highest BCUT2D eigenvalue weighted by atomic mass is 79.9. The molecule has 1 rings (SSSR count). The van der Waals surface area contributed by atoms with Crippen LogP contribution in [-0.2, 0) is 15.1 Å². The van der Waals surface area contributed by atoms with Crippen molar-refractivity contribution in [3.63, 3.8) is 0 Å². The largest absolute Gasteiger partial charge is 0.464 e. The van der Waals surface area contributed by atoms with Gasteiger partial charge in [0.15, 0.2) is 0 Å². The van der Waals surface area contributed by atoms with Crippen LogP contribution < -0.4 is 0 Å². The summed E-state index contributed by atoms with van der Waals surface area (Å²) in [6.07, 6.45) is 0. The van der Waals surface area contributed by atoms with Gasteiger partial charge in [-0.2, -0.15) is 0 Å². The molecule has 0 radical (unpaired) electrons. The van der Waals surface area contributed by atoms with Gasteiger partial charge in [-0.25, -0.2) is 4.79 Å². The van der Waals surface area contributed by atoms with Crippen LogP contribution in [0.25, 0.3) is 0 Å². The lowest BCUT2D eigenvalue weighted by Crippen LogP contribution is -2.32. The van der Waals surface area contributed by atoms with Gasteiger partial charge in [-0.05, 0) is 52.7 Å². The van der Waals surface area contributed by atoms with E-state index >= 15 is 0 Å². The number of carbonyl (C=O) groups excluding carboxylic acids is 1. The van der Waals surface area contributed by atoms with E-state index in [2.05, 4.69) is 21.1 Å². The van der Waals surface area contributed by atoms with E-state index < -0.39 is 11.5 Å². The fraction of sp³-hybridized carbons (Fsp3) is 0.364. The van der Waals surface area contributed by atoms with E-state index in [9.17, 15) is 9.70 Å². The molecular weight excluding hydrogens is 309 g/mol. The van der Waals surface area contributed by atoms with Crippen molar-refractivity contribution in [3.05, 3.63) is 38.2 Å². The molecule has 0 aromatic heterocycles. The summed E-state index contributed by atoms with van der Waals surface area (Å²) >= 11 is 9.14. The Hall–Kier alpha value is -0.940. The highest BCUT2D eigenvalue weighted by Crippen LogP contribution is 2.32. The molecule has 0 aliphatic carbocycles. The Balaban J connectivity index is 3.20. The van der Waals surface area contributed by atoms with E-state index in [1.807, 2.05) is 0 Å². The maximum absolute atomic E-state index is 11.7. The lowest BCUT2D eigenvalue weighted by molar-refractivity contribution is -0.149. The molecule has 0 aliphatic rings. The van der Waals surface area contributed by atoms with Crippen LogP contribution in [0.3, 0.4) is 0 Å². The smallest absolute Gasteiger partial charge is 0.342 e. The van der Waals surface area contributed by atoms with E-state index in [0.29, 0.717) is 15.1 Å². The first-order valence-electron chi connectivity index (χ1n) is 4.93. The third-order valence-corrected chi connectivity index (χ3v) is 3.57. The van der Waals surface area contributed by atoms with E-state index in [-0.39, 0.29) is 6.61 Å². The maximum Gasteiger partial charge on any atom is 0.342 e. The zero-order chi connectivity index (χ0) is 13.1. The summed E-state index contributed by atoms with van der Waals surface area (Å²) in [5, 5.41) is 3.29. The fourth-order valence-corrected chi connectivity index (χ4v) is 1.71. The molecule has 0 saturated heterocycles. The molecule has 0 heterocycles. The topological polar surface area (TPSA) is 55.7 Å². The van der Waals surface area contributed by atoms with Crippen molar-refractivity contribution in [2.24, 2.45) is 5.18 Å². The number of nitrogens with zero attached hydrogens (tertiary/aromatic N) is 1. The predicted octanol–water partition coefficient (Wildman–Crippen LogP) is 3.65. The monoisotopic (exact) mass is 319 g/mol. The fourth-order valence-electron chi connectivity index (χ4n) is 1.28. The molecule has 0 fully saturated rings. The first-order valence-corrected chi connectivity index (χ1v) is 6.10. The number of carbonyl (C=O) groups is 1. The van der Waals surface area contributed by atoms with Crippen LogP contribution >= 0.6 is 27.5 Å². The number of esters is 1. The molecule has 6 heteroatoms. The van der Waals surface area contributed by atoms with Gasteiger partial charge in [-0.1, -0.05) is 17.7 Å². The normalized spacial score (nSPS) is 13.9. The van der Waals surface area contributed by atoms with Gasteiger partial charge in [0.1, 0.15) is 0 Å². The number of benzene rings is 1. The minimum atomic E-state index is -1.57. The second-order valence-electron chi connectivity index (χ2n) is 3.51. The van der Waals surface area contributed by atoms with E-state index in [0.717, 1.165) is 0 Å². The molecule has 1 unspecified atom stereocenters. The average Bonchev–Trinajstić information content (AvgIpc) is 2.32. The summed E-state index contributed by atoms with van der Waals surface area (Å²) in [4.78, 5) is 22.7. The number of hydrogen-bond acceptors (Lipinski definition) is 4. The minimum Gasteiger partial charge on any atom is -0.464 e. The van der Waals surface area contributed by atoms with Crippen LogP contribution in [0.1, 0.15) is 19.4 Å². The summed E-state index contributed by atoms with van der Waals surface area (Å²) in [6.45, 7) is 3.25. The van der Waals surface area contributed by atoms with Crippen LogP contribution in [0.5, 0.6) is 0 Å². The highest BCUT2D eigenvalue weighted by Gasteiger charge is 2.39. The molecule has 0 spiro atoms. The average molecular weight is 321 g/mol. The quantitative estimate of drug-likeness (QED) is 0.628. The molecule has 1 aromatic carbocycles. The standard InChI is InChI=1S/C11H11BrClNO3/c1-3-17-10(15)11(2,14-16)7-4-5-8(12)9(13)6-7/h4-6H,3H2,1-2H3.